The molecule has 8 heteroatoms. The van der Waals surface area contributed by atoms with Gasteiger partial charge in [-0.3, -0.25) is 14.7 Å². The lowest BCUT2D eigenvalue weighted by Gasteiger charge is -2.42. The van der Waals surface area contributed by atoms with Gasteiger partial charge in [-0.05, 0) is 39.0 Å². The third-order valence-electron chi connectivity index (χ3n) is 5.39. The third kappa shape index (κ3) is 3.67. The van der Waals surface area contributed by atoms with E-state index in [0.717, 1.165) is 19.3 Å². The van der Waals surface area contributed by atoms with Crippen LogP contribution in [0.3, 0.4) is 0 Å². The van der Waals surface area contributed by atoms with Crippen LogP contribution in [-0.4, -0.2) is 56.8 Å². The Morgan fingerprint density at radius 1 is 1.48 bits per heavy atom. The average Bonchev–Trinajstić information content (AvgIpc) is 3.34. The second-order valence-electron chi connectivity index (χ2n) is 7.21. The highest BCUT2D eigenvalue weighted by Gasteiger charge is 2.46. The lowest BCUT2D eigenvalue weighted by molar-refractivity contribution is -0.152. The Morgan fingerprint density at radius 2 is 2.16 bits per heavy atom. The molecule has 0 aliphatic heterocycles. The second kappa shape index (κ2) is 6.96. The maximum absolute atomic E-state index is 12.8. The van der Waals surface area contributed by atoms with Gasteiger partial charge in [0.05, 0.1) is 22.2 Å². The minimum absolute atomic E-state index is 0.0207. The van der Waals surface area contributed by atoms with Crippen LogP contribution in [0, 0.1) is 12.8 Å². The molecular formula is C17H25ClN4O3. The summed E-state index contributed by atoms with van der Waals surface area (Å²) in [5, 5.41) is 20.1. The third-order valence-corrected chi connectivity index (χ3v) is 5.85. The van der Waals surface area contributed by atoms with Gasteiger partial charge in [-0.15, -0.1) is 0 Å². The normalized spacial score (nSPS) is 19.8. The van der Waals surface area contributed by atoms with Crippen LogP contribution in [0.2, 0.25) is 5.02 Å². The highest BCUT2D eigenvalue weighted by molar-refractivity contribution is 6.34. The Labute approximate surface area is 152 Å². The van der Waals surface area contributed by atoms with Crippen LogP contribution in [0.4, 0.5) is 0 Å². The number of hydrogen-bond donors (Lipinski definition) is 3. The zero-order valence-electron chi connectivity index (χ0n) is 14.6. The van der Waals surface area contributed by atoms with Gasteiger partial charge in [0.1, 0.15) is 0 Å². The zero-order chi connectivity index (χ0) is 18.2. The summed E-state index contributed by atoms with van der Waals surface area (Å²) in [6.45, 7) is 4.30. The number of aromatic nitrogens is 2. The Kier molecular flexibility index (Phi) is 5.06. The maximum atomic E-state index is 12.8. The second-order valence-corrected chi connectivity index (χ2v) is 7.59. The largest absolute Gasteiger partial charge is 0.389 e. The fraction of sp³-hybridized carbons (Fsp3) is 0.706. The van der Waals surface area contributed by atoms with Crippen molar-refractivity contribution in [3.63, 3.8) is 0 Å². The van der Waals surface area contributed by atoms with Crippen molar-refractivity contribution in [3.05, 3.63) is 16.4 Å². The molecule has 1 aromatic heterocycles. The van der Waals surface area contributed by atoms with Gasteiger partial charge >= 0.3 is 0 Å². The number of H-pyrrole nitrogens is 1. The van der Waals surface area contributed by atoms with E-state index in [2.05, 4.69) is 15.5 Å². The molecule has 0 saturated heterocycles. The molecule has 1 unspecified atom stereocenters. The Bertz CT molecular complexity index is 667. The number of amides is 2. The molecule has 0 aromatic carbocycles. The van der Waals surface area contributed by atoms with Crippen molar-refractivity contribution in [2.45, 2.75) is 57.6 Å². The molecule has 25 heavy (non-hydrogen) atoms. The summed E-state index contributed by atoms with van der Waals surface area (Å²) in [5.41, 5.74) is -0.0436. The molecule has 2 saturated carbocycles. The van der Waals surface area contributed by atoms with Gasteiger partial charge in [-0.1, -0.05) is 18.5 Å². The van der Waals surface area contributed by atoms with Crippen molar-refractivity contribution in [2.75, 3.05) is 13.1 Å². The Morgan fingerprint density at radius 3 is 2.64 bits per heavy atom. The smallest absolute Gasteiger partial charge is 0.273 e. The average molecular weight is 369 g/mol. The quantitative estimate of drug-likeness (QED) is 0.681. The number of hydrogen-bond acceptors (Lipinski definition) is 4. The fourth-order valence-electron chi connectivity index (χ4n) is 3.25. The zero-order valence-corrected chi connectivity index (χ0v) is 15.4. The summed E-state index contributed by atoms with van der Waals surface area (Å²) in [5.74, 6) is -0.781. The minimum atomic E-state index is -0.854. The summed E-state index contributed by atoms with van der Waals surface area (Å²) in [6.07, 6.45) is 4.31. The first-order chi connectivity index (χ1) is 11.8. The van der Waals surface area contributed by atoms with Crippen LogP contribution in [-0.2, 0) is 4.79 Å². The van der Waals surface area contributed by atoms with Crippen molar-refractivity contribution in [1.82, 2.24) is 20.4 Å². The molecule has 0 spiro atoms. The number of nitrogens with zero attached hydrogens (tertiary/aromatic N) is 2. The predicted molar refractivity (Wildman–Crippen MR) is 93.4 cm³/mol. The van der Waals surface area contributed by atoms with Crippen molar-refractivity contribution >= 4 is 23.4 Å². The minimum Gasteiger partial charge on any atom is -0.389 e. The molecule has 3 rings (SSSR count). The Balaban J connectivity index is 1.55. The number of halogens is 1. The predicted octanol–water partition coefficient (Wildman–Crippen LogP) is 1.64. The van der Waals surface area contributed by atoms with E-state index < -0.39 is 11.5 Å². The number of aliphatic hydroxyl groups is 1. The van der Waals surface area contributed by atoms with Crippen molar-refractivity contribution in [3.8, 4) is 0 Å². The highest BCUT2D eigenvalue weighted by Crippen LogP contribution is 2.40. The number of carbonyl (C=O) groups excluding carboxylic acids is 2. The van der Waals surface area contributed by atoms with Crippen molar-refractivity contribution in [2.24, 2.45) is 5.92 Å². The summed E-state index contributed by atoms with van der Waals surface area (Å²) in [6, 6.07) is 0.228. The molecule has 3 N–H and O–H groups in total. The molecule has 1 atom stereocenters. The summed E-state index contributed by atoms with van der Waals surface area (Å²) < 4.78 is 0. The summed E-state index contributed by atoms with van der Waals surface area (Å²) in [7, 11) is 0. The van der Waals surface area contributed by atoms with Gasteiger partial charge in [0.2, 0.25) is 5.91 Å². The Hall–Kier alpha value is -1.60. The number of carbonyl (C=O) groups is 2. The molecular weight excluding hydrogens is 344 g/mol. The van der Waals surface area contributed by atoms with Gasteiger partial charge in [0.25, 0.3) is 5.91 Å². The molecule has 2 aliphatic rings. The summed E-state index contributed by atoms with van der Waals surface area (Å²) in [4.78, 5) is 26.7. The molecule has 1 heterocycles. The van der Waals surface area contributed by atoms with E-state index in [9.17, 15) is 14.7 Å². The monoisotopic (exact) mass is 368 g/mol. The van der Waals surface area contributed by atoms with Gasteiger partial charge in [-0.2, -0.15) is 5.10 Å². The molecule has 1 aromatic rings. The van der Waals surface area contributed by atoms with Gasteiger partial charge in [0, 0.05) is 19.1 Å². The van der Waals surface area contributed by atoms with E-state index in [4.69, 9.17) is 11.6 Å². The molecule has 138 valence electrons. The first-order valence-electron chi connectivity index (χ1n) is 8.85. The lowest BCUT2D eigenvalue weighted by Crippen LogP contribution is -2.52. The molecule has 0 bridgehead atoms. The fourth-order valence-corrected chi connectivity index (χ4v) is 3.42. The maximum Gasteiger partial charge on any atom is 0.273 e. The first kappa shape index (κ1) is 18.2. The lowest BCUT2D eigenvalue weighted by atomic mass is 9.71. The van der Waals surface area contributed by atoms with E-state index in [-0.39, 0.29) is 23.6 Å². The van der Waals surface area contributed by atoms with E-state index >= 15 is 0 Å². The number of aromatic amines is 1. The van der Waals surface area contributed by atoms with E-state index in [1.54, 1.807) is 11.8 Å². The van der Waals surface area contributed by atoms with Gasteiger partial charge < -0.3 is 15.3 Å². The standard InChI is InChI=1S/C17H25ClN4O3/c1-10(17(25)6-3-7-17)16(24)22(12-4-5-12)9-8-19-15(23)14-13(18)11(2)20-21-14/h10,12,25H,3-9H2,1-2H3,(H,19,23)(H,20,21). The van der Waals surface area contributed by atoms with Crippen LogP contribution in [0.5, 0.6) is 0 Å². The van der Waals surface area contributed by atoms with Crippen LogP contribution in [0.15, 0.2) is 0 Å². The van der Waals surface area contributed by atoms with Crippen LogP contribution < -0.4 is 5.32 Å². The molecule has 2 aliphatic carbocycles. The van der Waals surface area contributed by atoms with E-state index in [0.29, 0.717) is 36.6 Å². The topological polar surface area (TPSA) is 98.3 Å². The van der Waals surface area contributed by atoms with Gasteiger partial charge in [-0.25, -0.2) is 0 Å². The van der Waals surface area contributed by atoms with Gasteiger partial charge in [0.15, 0.2) is 5.69 Å². The van der Waals surface area contributed by atoms with Crippen molar-refractivity contribution < 1.29 is 14.7 Å². The van der Waals surface area contributed by atoms with Crippen LogP contribution in [0.1, 0.15) is 55.2 Å². The summed E-state index contributed by atoms with van der Waals surface area (Å²) >= 11 is 6.02. The van der Waals surface area contributed by atoms with Crippen LogP contribution >= 0.6 is 11.6 Å². The van der Waals surface area contributed by atoms with Crippen LogP contribution in [0.25, 0.3) is 0 Å². The number of nitrogens with one attached hydrogen (secondary N) is 2. The van der Waals surface area contributed by atoms with Crippen molar-refractivity contribution in [1.29, 1.82) is 0 Å². The van der Waals surface area contributed by atoms with E-state index in [1.165, 1.54) is 0 Å². The number of rotatable bonds is 7. The molecule has 0 radical (unpaired) electrons. The molecule has 2 fully saturated rings. The highest BCUT2D eigenvalue weighted by atomic mass is 35.5. The number of aryl methyl sites for hydroxylation is 1. The SMILES string of the molecule is Cc1[nH]nc(C(=O)NCCN(C(=O)C(C)C2(O)CCC2)C2CC2)c1Cl. The molecule has 7 nitrogen and oxygen atoms in total. The van der Waals surface area contributed by atoms with E-state index in [1.807, 2.05) is 6.92 Å². The first-order valence-corrected chi connectivity index (χ1v) is 9.23. The molecule has 2 amide bonds.